The molecule has 0 saturated carbocycles. The van der Waals surface area contributed by atoms with Crippen molar-refractivity contribution in [2.45, 2.75) is 12.5 Å². The molecule has 0 bridgehead atoms. The van der Waals surface area contributed by atoms with Crippen LogP contribution >= 0.6 is 35.3 Å². The number of ether oxygens (including phenoxy) is 3. The molecule has 1 atom stereocenters. The Morgan fingerprint density at radius 2 is 1.97 bits per heavy atom. The van der Waals surface area contributed by atoms with Crippen molar-refractivity contribution in [2.75, 3.05) is 67.7 Å². The van der Waals surface area contributed by atoms with Crippen LogP contribution in [0.4, 0.5) is 0 Å². The van der Waals surface area contributed by atoms with Crippen molar-refractivity contribution in [3.63, 3.8) is 0 Å². The highest BCUT2D eigenvalue weighted by Crippen LogP contribution is 2.32. The Kier molecular flexibility index (Phi) is 11.6. The molecule has 3 rings (SSSR count). The van der Waals surface area contributed by atoms with Gasteiger partial charge in [0, 0.05) is 45.2 Å². The largest absolute Gasteiger partial charge is 0.493 e. The number of nitrogens with zero attached hydrogens (tertiary/aromatic N) is 3. The fourth-order valence-corrected chi connectivity index (χ4v) is 4.52. The van der Waals surface area contributed by atoms with E-state index in [-0.39, 0.29) is 30.0 Å². The third kappa shape index (κ3) is 7.23. The van der Waals surface area contributed by atoms with Crippen molar-refractivity contribution in [2.24, 2.45) is 4.99 Å². The number of rotatable bonds is 9. The van der Waals surface area contributed by atoms with E-state index in [1.807, 2.05) is 13.1 Å². The lowest BCUT2D eigenvalue weighted by Gasteiger charge is -2.36. The molecule has 0 amide bonds. The monoisotopic (exact) mass is 574 g/mol. The number of benzene rings is 1. The second-order valence-electron chi connectivity index (χ2n) is 7.46. The van der Waals surface area contributed by atoms with E-state index in [0.717, 1.165) is 63.3 Å². The Bertz CT molecular complexity index is 829. The fourth-order valence-electron chi connectivity index (χ4n) is 3.82. The zero-order chi connectivity index (χ0) is 22.1. The maximum atomic E-state index is 5.58. The Labute approximate surface area is 212 Å². The lowest BCUT2D eigenvalue weighted by Crippen LogP contribution is -2.47. The molecule has 0 spiro atoms. The molecule has 178 valence electrons. The first kappa shape index (κ1) is 26.7. The van der Waals surface area contributed by atoms with E-state index in [2.05, 4.69) is 56.8 Å². The smallest absolute Gasteiger partial charge is 0.193 e. The standard InChI is InChI=1S/C23H34N4O3S.HI/c1-24-23(26(2)10-9-19-6-5-15-31-19)25-17-20(27-11-13-30-14-12-27)18-7-8-21(28-3)22(16-18)29-4;/h5-8,15-16,20H,9-14,17H2,1-4H3,(H,24,25);1H. The number of halogens is 1. The molecule has 1 saturated heterocycles. The summed E-state index contributed by atoms with van der Waals surface area (Å²) in [5.74, 6) is 2.38. The van der Waals surface area contributed by atoms with Gasteiger partial charge in [0.15, 0.2) is 17.5 Å². The summed E-state index contributed by atoms with van der Waals surface area (Å²) >= 11 is 1.80. The summed E-state index contributed by atoms with van der Waals surface area (Å²) < 4.78 is 16.6. The van der Waals surface area contributed by atoms with Crippen LogP contribution in [-0.2, 0) is 11.2 Å². The number of guanidine groups is 1. The number of methoxy groups -OCH3 is 2. The number of hydrogen-bond donors (Lipinski definition) is 1. The van der Waals surface area contributed by atoms with Crippen molar-refractivity contribution in [1.29, 1.82) is 0 Å². The molecule has 9 heteroatoms. The fraction of sp³-hybridized carbons (Fsp3) is 0.522. The van der Waals surface area contributed by atoms with E-state index in [1.165, 1.54) is 10.4 Å². The molecule has 1 unspecified atom stereocenters. The second-order valence-corrected chi connectivity index (χ2v) is 8.49. The van der Waals surface area contributed by atoms with Crippen molar-refractivity contribution >= 4 is 41.3 Å². The minimum absolute atomic E-state index is 0. The van der Waals surface area contributed by atoms with Gasteiger partial charge in [-0.2, -0.15) is 0 Å². The molecule has 1 fully saturated rings. The molecule has 1 N–H and O–H groups in total. The summed E-state index contributed by atoms with van der Waals surface area (Å²) in [6, 6.07) is 10.6. The lowest BCUT2D eigenvalue weighted by atomic mass is 10.0. The van der Waals surface area contributed by atoms with Crippen molar-refractivity contribution in [1.82, 2.24) is 15.1 Å². The topological polar surface area (TPSA) is 58.6 Å². The summed E-state index contributed by atoms with van der Waals surface area (Å²) in [6.07, 6.45) is 1.01. The quantitative estimate of drug-likeness (QED) is 0.281. The Balaban J connectivity index is 0.00000363. The second kappa shape index (κ2) is 13.9. The highest BCUT2D eigenvalue weighted by molar-refractivity contribution is 14.0. The lowest BCUT2D eigenvalue weighted by molar-refractivity contribution is 0.0168. The Morgan fingerprint density at radius 1 is 1.22 bits per heavy atom. The van der Waals surface area contributed by atoms with Crippen molar-refractivity contribution < 1.29 is 14.2 Å². The van der Waals surface area contributed by atoms with Crippen molar-refractivity contribution in [3.8, 4) is 11.5 Å². The van der Waals surface area contributed by atoms with Gasteiger partial charge in [0.05, 0.1) is 33.5 Å². The molecule has 0 radical (unpaired) electrons. The van der Waals surface area contributed by atoms with Gasteiger partial charge in [-0.25, -0.2) is 0 Å². The molecule has 7 nitrogen and oxygen atoms in total. The van der Waals surface area contributed by atoms with Gasteiger partial charge in [-0.3, -0.25) is 9.89 Å². The number of morpholine rings is 1. The summed E-state index contributed by atoms with van der Waals surface area (Å²) in [7, 11) is 7.26. The van der Waals surface area contributed by atoms with Crippen LogP contribution in [-0.4, -0.2) is 83.5 Å². The normalized spacial score (nSPS) is 15.6. The number of likely N-dealkylation sites (N-methyl/N-ethyl adjacent to an activating group) is 1. The average molecular weight is 575 g/mol. The molecule has 32 heavy (non-hydrogen) atoms. The molecule has 1 aromatic heterocycles. The number of aliphatic imine (C=N–C) groups is 1. The first-order valence-electron chi connectivity index (χ1n) is 10.6. The maximum Gasteiger partial charge on any atom is 0.193 e. The van der Waals surface area contributed by atoms with Gasteiger partial charge in [0.1, 0.15) is 0 Å². The molecule has 0 aliphatic carbocycles. The molecular weight excluding hydrogens is 539 g/mol. The minimum Gasteiger partial charge on any atom is -0.493 e. The van der Waals surface area contributed by atoms with Gasteiger partial charge >= 0.3 is 0 Å². The van der Waals surface area contributed by atoms with Gasteiger partial charge < -0.3 is 24.4 Å². The van der Waals surface area contributed by atoms with E-state index in [0.29, 0.717) is 0 Å². The summed E-state index contributed by atoms with van der Waals surface area (Å²) in [5, 5.41) is 5.71. The van der Waals surface area contributed by atoms with Crippen molar-refractivity contribution in [3.05, 3.63) is 46.2 Å². The van der Waals surface area contributed by atoms with Gasteiger partial charge in [-0.1, -0.05) is 12.1 Å². The number of thiophene rings is 1. The molecular formula is C23H35IN4O3S. The number of hydrogen-bond acceptors (Lipinski definition) is 6. The Hall–Kier alpha value is -1.56. The van der Waals surface area contributed by atoms with E-state index in [1.54, 1.807) is 25.6 Å². The van der Waals surface area contributed by atoms with Gasteiger partial charge in [0.25, 0.3) is 0 Å². The predicted molar refractivity (Wildman–Crippen MR) is 142 cm³/mol. The SMILES string of the molecule is CN=C(NCC(c1ccc(OC)c(OC)c1)N1CCOCC1)N(C)CCc1cccs1.I. The van der Waals surface area contributed by atoms with Crippen LogP contribution in [0.1, 0.15) is 16.5 Å². The van der Waals surface area contributed by atoms with Gasteiger partial charge in [-0.15, -0.1) is 35.3 Å². The van der Waals surface area contributed by atoms with E-state index in [4.69, 9.17) is 14.2 Å². The Morgan fingerprint density at radius 3 is 2.59 bits per heavy atom. The summed E-state index contributed by atoms with van der Waals surface area (Å²) in [5.41, 5.74) is 1.18. The number of nitrogens with one attached hydrogen (secondary N) is 1. The average Bonchev–Trinajstić information content (AvgIpc) is 3.34. The molecule has 1 aliphatic heterocycles. The minimum atomic E-state index is 0. The van der Waals surface area contributed by atoms with Crippen LogP contribution < -0.4 is 14.8 Å². The summed E-state index contributed by atoms with van der Waals surface area (Å²) in [6.45, 7) is 4.95. The van der Waals surface area contributed by atoms with Gasteiger partial charge in [0.2, 0.25) is 0 Å². The molecule has 1 aliphatic rings. The van der Waals surface area contributed by atoms with Crippen LogP contribution in [0.2, 0.25) is 0 Å². The van der Waals surface area contributed by atoms with Crippen LogP contribution in [0, 0.1) is 0 Å². The van der Waals surface area contributed by atoms with Crippen LogP contribution in [0.3, 0.4) is 0 Å². The van der Waals surface area contributed by atoms with Gasteiger partial charge in [-0.05, 0) is 35.6 Å². The van der Waals surface area contributed by atoms with Crippen LogP contribution in [0.15, 0.2) is 40.7 Å². The van der Waals surface area contributed by atoms with E-state index >= 15 is 0 Å². The third-order valence-corrected chi connectivity index (χ3v) is 6.52. The summed E-state index contributed by atoms with van der Waals surface area (Å²) in [4.78, 5) is 10.5. The zero-order valence-electron chi connectivity index (χ0n) is 19.4. The van der Waals surface area contributed by atoms with Crippen LogP contribution in [0.5, 0.6) is 11.5 Å². The first-order valence-corrected chi connectivity index (χ1v) is 11.5. The highest BCUT2D eigenvalue weighted by Gasteiger charge is 2.24. The molecule has 2 aromatic rings. The van der Waals surface area contributed by atoms with E-state index in [9.17, 15) is 0 Å². The van der Waals surface area contributed by atoms with Crippen LogP contribution in [0.25, 0.3) is 0 Å². The zero-order valence-corrected chi connectivity index (χ0v) is 22.5. The molecule has 1 aromatic carbocycles. The highest BCUT2D eigenvalue weighted by atomic mass is 127. The molecule has 2 heterocycles. The van der Waals surface area contributed by atoms with E-state index < -0.39 is 0 Å². The first-order chi connectivity index (χ1) is 15.2. The maximum absolute atomic E-state index is 5.58. The third-order valence-electron chi connectivity index (χ3n) is 5.58. The predicted octanol–water partition coefficient (Wildman–Crippen LogP) is 3.51.